The van der Waals surface area contributed by atoms with Crippen molar-refractivity contribution in [2.75, 3.05) is 19.7 Å². The van der Waals surface area contributed by atoms with Crippen LogP contribution in [0.5, 0.6) is 0 Å². The molecule has 1 aliphatic heterocycles. The number of aromatic nitrogens is 5. The maximum Gasteiger partial charge on any atom is 0.360 e. The lowest BCUT2D eigenvalue weighted by atomic mass is 9.97. The lowest BCUT2D eigenvalue weighted by Crippen LogP contribution is -2.38. The predicted octanol–water partition coefficient (Wildman–Crippen LogP) is 3.65. The van der Waals surface area contributed by atoms with Crippen molar-refractivity contribution in [3.63, 3.8) is 0 Å². The Morgan fingerprint density at radius 2 is 2.03 bits per heavy atom. The number of likely N-dealkylation sites (tertiary alicyclic amines) is 1. The van der Waals surface area contributed by atoms with Gasteiger partial charge in [0.05, 0.1) is 28.6 Å². The molecule has 5 heterocycles. The van der Waals surface area contributed by atoms with E-state index in [4.69, 9.17) is 14.2 Å². The lowest BCUT2D eigenvalue weighted by molar-refractivity contribution is 0.0514. The molecular weight excluding hydrogens is 456 g/mol. The zero-order valence-corrected chi connectivity index (χ0v) is 20.0. The van der Waals surface area contributed by atoms with Crippen molar-refractivity contribution in [1.82, 2.24) is 29.6 Å². The Morgan fingerprint density at radius 3 is 2.79 bits per heavy atom. The van der Waals surface area contributed by atoms with Gasteiger partial charge in [0.1, 0.15) is 5.69 Å². The molecule has 10 nitrogen and oxygen atoms in total. The summed E-state index contributed by atoms with van der Waals surface area (Å²) in [5, 5.41) is 11.1. The summed E-state index contributed by atoms with van der Waals surface area (Å²) in [5.41, 5.74) is 3.76. The third kappa shape index (κ3) is 4.07. The second-order valence-electron chi connectivity index (χ2n) is 8.25. The highest BCUT2D eigenvalue weighted by atomic mass is 32.1. The maximum atomic E-state index is 13.2. The summed E-state index contributed by atoms with van der Waals surface area (Å²) < 4.78 is 12.0. The van der Waals surface area contributed by atoms with Gasteiger partial charge in [0.2, 0.25) is 0 Å². The normalized spacial score (nSPS) is 14.6. The van der Waals surface area contributed by atoms with E-state index in [0.717, 1.165) is 34.9 Å². The van der Waals surface area contributed by atoms with Crippen molar-refractivity contribution in [3.05, 3.63) is 51.4 Å². The first-order chi connectivity index (χ1) is 16.4. The molecule has 0 spiro atoms. The number of carbonyl (C=O) groups is 2. The Hall–Kier alpha value is -3.60. The molecule has 0 aliphatic carbocycles. The molecule has 0 bridgehead atoms. The molecule has 176 valence electrons. The molecule has 1 aliphatic rings. The first-order valence-corrected chi connectivity index (χ1v) is 12.0. The number of amides is 1. The van der Waals surface area contributed by atoms with E-state index in [1.807, 2.05) is 30.2 Å². The zero-order valence-electron chi connectivity index (χ0n) is 19.1. The highest BCUT2D eigenvalue weighted by molar-refractivity contribution is 7.10. The minimum Gasteiger partial charge on any atom is -0.461 e. The van der Waals surface area contributed by atoms with E-state index in [1.54, 1.807) is 35.0 Å². The van der Waals surface area contributed by atoms with E-state index < -0.39 is 5.97 Å². The van der Waals surface area contributed by atoms with Crippen LogP contribution in [0.15, 0.2) is 28.2 Å². The number of hydrogen-bond donors (Lipinski definition) is 0. The fraction of sp³-hybridized carbons (Fsp3) is 0.391. The molecule has 1 amide bonds. The molecule has 0 saturated carbocycles. The number of ether oxygens (including phenoxy) is 1. The third-order valence-electron chi connectivity index (χ3n) is 5.98. The topological polar surface area (TPSA) is 116 Å². The molecule has 5 rings (SSSR count). The Morgan fingerprint density at radius 1 is 1.24 bits per heavy atom. The number of esters is 1. The van der Waals surface area contributed by atoms with Crippen LogP contribution < -0.4 is 0 Å². The summed E-state index contributed by atoms with van der Waals surface area (Å²) in [4.78, 5) is 36.0. The fourth-order valence-corrected chi connectivity index (χ4v) is 5.14. The molecule has 1 saturated heterocycles. The van der Waals surface area contributed by atoms with Crippen molar-refractivity contribution in [2.24, 2.45) is 0 Å². The number of hydrogen-bond acceptors (Lipinski definition) is 9. The summed E-state index contributed by atoms with van der Waals surface area (Å²) in [6, 6.07) is 3.44. The van der Waals surface area contributed by atoms with Crippen LogP contribution in [0.4, 0.5) is 0 Å². The van der Waals surface area contributed by atoms with E-state index in [2.05, 4.69) is 15.2 Å². The van der Waals surface area contributed by atoms with E-state index in [1.165, 1.54) is 0 Å². The molecule has 0 unspecified atom stereocenters. The Kier molecular flexibility index (Phi) is 5.86. The number of nitrogens with zero attached hydrogens (tertiary/aromatic N) is 6. The Labute approximate surface area is 199 Å². The van der Waals surface area contributed by atoms with E-state index in [0.29, 0.717) is 30.1 Å². The Bertz CT molecular complexity index is 1360. The summed E-state index contributed by atoms with van der Waals surface area (Å²) >= 11 is 1.55. The van der Waals surface area contributed by atoms with Crippen LogP contribution in [0, 0.1) is 13.8 Å². The number of thiazole rings is 1. The number of piperidine rings is 1. The van der Waals surface area contributed by atoms with Gasteiger partial charge in [-0.2, -0.15) is 5.10 Å². The fourth-order valence-electron chi connectivity index (χ4n) is 4.16. The summed E-state index contributed by atoms with van der Waals surface area (Å²) in [7, 11) is 0. The van der Waals surface area contributed by atoms with Crippen LogP contribution in [0.1, 0.15) is 62.9 Å². The second-order valence-corrected chi connectivity index (χ2v) is 9.14. The van der Waals surface area contributed by atoms with Gasteiger partial charge in [-0.25, -0.2) is 19.3 Å². The highest BCUT2D eigenvalue weighted by Crippen LogP contribution is 2.33. The maximum absolute atomic E-state index is 13.2. The smallest absolute Gasteiger partial charge is 0.360 e. The van der Waals surface area contributed by atoms with Gasteiger partial charge in [0, 0.05) is 42.7 Å². The predicted molar refractivity (Wildman–Crippen MR) is 124 cm³/mol. The van der Waals surface area contributed by atoms with Gasteiger partial charge in [-0.05, 0) is 33.6 Å². The van der Waals surface area contributed by atoms with Crippen molar-refractivity contribution in [3.8, 4) is 11.5 Å². The van der Waals surface area contributed by atoms with Crippen molar-refractivity contribution in [1.29, 1.82) is 0 Å². The summed E-state index contributed by atoms with van der Waals surface area (Å²) in [6.45, 7) is 7.10. The largest absolute Gasteiger partial charge is 0.461 e. The monoisotopic (exact) mass is 480 g/mol. The number of rotatable bonds is 5. The van der Waals surface area contributed by atoms with E-state index >= 15 is 0 Å². The number of aryl methyl sites for hydroxylation is 2. The van der Waals surface area contributed by atoms with Crippen LogP contribution in [-0.4, -0.2) is 61.2 Å². The third-order valence-corrected chi connectivity index (χ3v) is 6.98. The molecule has 11 heteroatoms. The van der Waals surface area contributed by atoms with Crippen molar-refractivity contribution < 1.29 is 18.8 Å². The van der Waals surface area contributed by atoms with Gasteiger partial charge in [-0.15, -0.1) is 11.3 Å². The average molecular weight is 481 g/mol. The minimum absolute atomic E-state index is 0.0218. The number of fused-ring (bicyclic) bond motifs is 1. The molecule has 1 fully saturated rings. The average Bonchev–Trinajstić information content (AvgIpc) is 3.58. The minimum atomic E-state index is -0.516. The quantitative estimate of drug-likeness (QED) is 0.398. The first kappa shape index (κ1) is 22.2. The van der Waals surface area contributed by atoms with E-state index in [9.17, 15) is 9.59 Å². The highest BCUT2D eigenvalue weighted by Gasteiger charge is 2.28. The van der Waals surface area contributed by atoms with Gasteiger partial charge >= 0.3 is 5.97 Å². The van der Waals surface area contributed by atoms with Crippen LogP contribution in [-0.2, 0) is 4.74 Å². The molecule has 34 heavy (non-hydrogen) atoms. The van der Waals surface area contributed by atoms with Crippen LogP contribution in [0.3, 0.4) is 0 Å². The molecular formula is C23H24N6O4S. The van der Waals surface area contributed by atoms with Gasteiger partial charge in [-0.1, -0.05) is 5.16 Å². The molecule has 4 aromatic rings. The second kappa shape index (κ2) is 8.98. The summed E-state index contributed by atoms with van der Waals surface area (Å²) in [6.07, 6.45) is 3.28. The molecule has 4 aromatic heterocycles. The van der Waals surface area contributed by atoms with E-state index in [-0.39, 0.29) is 24.1 Å². The first-order valence-electron chi connectivity index (χ1n) is 11.2. The molecule has 0 radical (unpaired) electrons. The van der Waals surface area contributed by atoms with Crippen LogP contribution >= 0.6 is 11.3 Å². The van der Waals surface area contributed by atoms with Gasteiger partial charge < -0.3 is 14.2 Å². The zero-order chi connectivity index (χ0) is 23.8. The molecule has 0 N–H and O–H groups in total. The van der Waals surface area contributed by atoms with Crippen LogP contribution in [0.2, 0.25) is 0 Å². The summed E-state index contributed by atoms with van der Waals surface area (Å²) in [5.74, 6) is 0.153. The lowest BCUT2D eigenvalue weighted by Gasteiger charge is -2.31. The van der Waals surface area contributed by atoms with Crippen LogP contribution in [0.25, 0.3) is 17.1 Å². The van der Waals surface area contributed by atoms with Gasteiger partial charge in [-0.3, -0.25) is 4.79 Å². The van der Waals surface area contributed by atoms with Crippen molar-refractivity contribution in [2.45, 2.75) is 39.5 Å². The Balaban J connectivity index is 1.25. The SMILES string of the molecule is CCOC(=O)c1cc(-c2csc(C3CCN(C(=O)c4cnc5cc(C)nn5c4C)CC3)n2)on1. The number of carbonyl (C=O) groups excluding carboxylic acids is 2. The van der Waals surface area contributed by atoms with Crippen molar-refractivity contribution >= 4 is 28.9 Å². The molecule has 0 atom stereocenters. The van der Waals surface area contributed by atoms with Gasteiger partial charge in [0.25, 0.3) is 5.91 Å². The van der Waals surface area contributed by atoms with Gasteiger partial charge in [0.15, 0.2) is 17.1 Å². The standard InChI is InChI=1S/C23H24N6O4S/c1-4-32-23(31)17-10-19(33-27-17)18-12-34-21(25-18)15-5-7-28(8-6-15)22(30)16-11-24-20-9-13(2)26-29(20)14(16)3/h9-12,15H,4-8H2,1-3H3. The molecule has 0 aromatic carbocycles.